The number of rotatable bonds is 19. The normalized spacial score (nSPS) is 17.7. The Morgan fingerprint density at radius 1 is 0.755 bits per heavy atom. The molecule has 0 aromatic carbocycles. The van der Waals surface area contributed by atoms with Gasteiger partial charge in [0, 0.05) is 17.4 Å². The molecule has 5 N–H and O–H groups in total. The predicted molar refractivity (Wildman–Crippen MR) is 243 cm³/mol. The van der Waals surface area contributed by atoms with Crippen molar-refractivity contribution in [3.63, 3.8) is 0 Å². The molecule has 0 bridgehead atoms. The lowest BCUT2D eigenvalue weighted by atomic mass is 9.68. The van der Waals surface area contributed by atoms with Gasteiger partial charge in [0.25, 0.3) is 0 Å². The third-order valence-corrected chi connectivity index (χ3v) is 11.5. The first-order valence-corrected chi connectivity index (χ1v) is 21.4. The first kappa shape index (κ1) is 52.7. The smallest absolute Gasteiger partial charge is 0.0919 e. The summed E-state index contributed by atoms with van der Waals surface area (Å²) >= 11 is 0. The van der Waals surface area contributed by atoms with Crippen LogP contribution in [0.2, 0.25) is 0 Å². The Kier molecular flexibility index (Phi) is 24.8. The van der Waals surface area contributed by atoms with E-state index in [2.05, 4.69) is 152 Å². The highest BCUT2D eigenvalue weighted by molar-refractivity contribution is 5.29. The highest BCUT2D eigenvalue weighted by Crippen LogP contribution is 2.40. The van der Waals surface area contributed by atoms with Crippen LogP contribution in [0.15, 0.2) is 73.9 Å². The lowest BCUT2D eigenvalue weighted by Crippen LogP contribution is -2.46. The van der Waals surface area contributed by atoms with E-state index in [4.69, 9.17) is 5.73 Å². The van der Waals surface area contributed by atoms with E-state index in [0.717, 1.165) is 41.8 Å². The third kappa shape index (κ3) is 22.0. The van der Waals surface area contributed by atoms with Crippen molar-refractivity contribution in [1.82, 2.24) is 16.0 Å². The average Bonchev–Trinajstić information content (AvgIpc) is 3.86. The molecule has 6 unspecified atom stereocenters. The average molecular weight is 739 g/mol. The van der Waals surface area contributed by atoms with Gasteiger partial charge in [0.2, 0.25) is 0 Å². The summed E-state index contributed by atoms with van der Waals surface area (Å²) in [5.74, 6) is 4.39. The molecule has 0 heterocycles. The van der Waals surface area contributed by atoms with Crippen LogP contribution in [0.25, 0.3) is 0 Å². The Morgan fingerprint density at radius 2 is 1.28 bits per heavy atom. The Bertz CT molecular complexity index is 1100. The molecule has 4 nitrogen and oxygen atoms in total. The first-order chi connectivity index (χ1) is 24.3. The number of hydrogen-bond acceptors (Lipinski definition) is 4. The van der Waals surface area contributed by atoms with Gasteiger partial charge in [-0.25, -0.2) is 0 Å². The molecule has 0 saturated heterocycles. The molecule has 0 aliphatic heterocycles. The summed E-state index contributed by atoms with van der Waals surface area (Å²) in [5.41, 5.74) is 10.6. The molecule has 2 aliphatic carbocycles. The van der Waals surface area contributed by atoms with Gasteiger partial charge >= 0.3 is 0 Å². The second-order valence-electron chi connectivity index (χ2n) is 19.4. The van der Waals surface area contributed by atoms with Crippen molar-refractivity contribution in [3.8, 4) is 0 Å². The maximum Gasteiger partial charge on any atom is 0.0919 e. The molecular formula is C49H94N4. The third-order valence-electron chi connectivity index (χ3n) is 11.5. The monoisotopic (exact) mass is 739 g/mol. The zero-order chi connectivity index (χ0) is 41.9. The van der Waals surface area contributed by atoms with E-state index in [0.29, 0.717) is 34.9 Å². The van der Waals surface area contributed by atoms with E-state index in [1.165, 1.54) is 56.9 Å². The van der Waals surface area contributed by atoms with Gasteiger partial charge in [0.05, 0.1) is 17.9 Å². The van der Waals surface area contributed by atoms with Crippen LogP contribution in [0.1, 0.15) is 175 Å². The minimum atomic E-state index is 0.135. The SMILES string of the molecule is C=C(C)CCC1CC1.C=C(N)C(=C)C(CC1CCC1)NC(=C)C(C)C(C)C(CC)C(C)(C)C.C=CC(NC(=C)NC(CC)C(C)(C)C)C(C)(C)C.CC. The second-order valence-corrected chi connectivity index (χ2v) is 19.4. The van der Waals surface area contributed by atoms with Crippen LogP contribution in [0.3, 0.4) is 0 Å². The molecule has 0 aromatic rings. The van der Waals surface area contributed by atoms with Crippen molar-refractivity contribution in [2.24, 2.45) is 51.6 Å². The minimum Gasteiger partial charge on any atom is -0.399 e. The summed E-state index contributed by atoms with van der Waals surface area (Å²) < 4.78 is 0. The Labute approximate surface area is 333 Å². The number of nitrogens with one attached hydrogen (secondary N) is 3. The van der Waals surface area contributed by atoms with E-state index < -0.39 is 0 Å². The quantitative estimate of drug-likeness (QED) is 0.0787. The van der Waals surface area contributed by atoms with Crippen molar-refractivity contribution in [3.05, 3.63) is 73.9 Å². The van der Waals surface area contributed by atoms with E-state index in [1.54, 1.807) is 0 Å². The molecule has 6 atom stereocenters. The first-order valence-electron chi connectivity index (χ1n) is 21.4. The molecule has 0 radical (unpaired) electrons. The number of nitrogens with two attached hydrogens (primary N) is 1. The predicted octanol–water partition coefficient (Wildman–Crippen LogP) is 13.9. The zero-order valence-electron chi connectivity index (χ0n) is 38.6. The van der Waals surface area contributed by atoms with Crippen molar-refractivity contribution < 1.29 is 0 Å². The van der Waals surface area contributed by atoms with Crippen molar-refractivity contribution >= 4 is 0 Å². The Hall–Kier alpha value is -2.36. The molecule has 2 aliphatic rings. The molecule has 2 fully saturated rings. The zero-order valence-corrected chi connectivity index (χ0v) is 38.6. The van der Waals surface area contributed by atoms with Crippen LogP contribution >= 0.6 is 0 Å². The fourth-order valence-electron chi connectivity index (χ4n) is 7.22. The van der Waals surface area contributed by atoms with Gasteiger partial charge < -0.3 is 21.7 Å². The van der Waals surface area contributed by atoms with Gasteiger partial charge in [-0.15, -0.1) is 13.2 Å². The molecule has 53 heavy (non-hydrogen) atoms. The fraction of sp³-hybridized carbons (Fsp3) is 0.755. The molecule has 2 saturated carbocycles. The lowest BCUT2D eigenvalue weighted by Gasteiger charge is -2.40. The molecule has 0 spiro atoms. The van der Waals surface area contributed by atoms with Gasteiger partial charge in [-0.05, 0) is 84.0 Å². The molecule has 0 aromatic heterocycles. The van der Waals surface area contributed by atoms with Gasteiger partial charge in [-0.1, -0.05) is 180 Å². The molecule has 4 heteroatoms. The van der Waals surface area contributed by atoms with E-state index >= 15 is 0 Å². The summed E-state index contributed by atoms with van der Waals surface area (Å²) in [4.78, 5) is 0. The minimum absolute atomic E-state index is 0.135. The summed E-state index contributed by atoms with van der Waals surface area (Å²) in [6, 6.07) is 0.803. The Morgan fingerprint density at radius 3 is 1.60 bits per heavy atom. The summed E-state index contributed by atoms with van der Waals surface area (Å²) in [6.07, 6.45) is 14.9. The molecule has 310 valence electrons. The maximum atomic E-state index is 5.95. The van der Waals surface area contributed by atoms with Gasteiger partial charge in [0.15, 0.2) is 0 Å². The summed E-state index contributed by atoms with van der Waals surface area (Å²) in [6.45, 7) is 60.0. The summed E-state index contributed by atoms with van der Waals surface area (Å²) in [5, 5.41) is 10.6. The van der Waals surface area contributed by atoms with Crippen LogP contribution in [0.4, 0.5) is 0 Å². The highest BCUT2D eigenvalue weighted by Gasteiger charge is 2.33. The van der Waals surface area contributed by atoms with Gasteiger partial charge in [-0.2, -0.15) is 0 Å². The van der Waals surface area contributed by atoms with E-state index in [1.807, 2.05) is 19.9 Å². The molecule has 2 rings (SSSR count). The van der Waals surface area contributed by atoms with Gasteiger partial charge in [0.1, 0.15) is 0 Å². The van der Waals surface area contributed by atoms with Crippen molar-refractivity contribution in [2.75, 3.05) is 0 Å². The summed E-state index contributed by atoms with van der Waals surface area (Å²) in [7, 11) is 0. The maximum absolute atomic E-state index is 5.95. The van der Waals surface area contributed by atoms with Crippen LogP contribution in [0.5, 0.6) is 0 Å². The van der Waals surface area contributed by atoms with Crippen molar-refractivity contribution in [2.45, 2.75) is 193 Å². The molecule has 0 amide bonds. The Balaban J connectivity index is 0. The molecular weight excluding hydrogens is 645 g/mol. The second kappa shape index (κ2) is 24.9. The van der Waals surface area contributed by atoms with E-state index in [9.17, 15) is 0 Å². The topological polar surface area (TPSA) is 62.1 Å². The standard InChI is InChI=1S/C23H42N2.C16H32N2.C8H14.C2H6/c1-10-21(23(7,8)9)16(3)15(2)19(6)25-22(17(4)18(5)24)14-20-12-11-13-20;1-10-13(15(4,5)6)17-12(3)18-14(11-2)16(7,8)9;1-7(2)3-4-8-5-6-8;1-2/h15-16,20-22,25H,4-6,10-14,24H2,1-3,7-9H3;10,13-14,17-18H,1,3,11H2,2,4-9H3;8H,1,3-6H2,2H3;1-2H3. The highest BCUT2D eigenvalue weighted by atomic mass is 15.1. The van der Waals surface area contributed by atoms with Crippen molar-refractivity contribution in [1.29, 1.82) is 0 Å². The van der Waals surface area contributed by atoms with Crippen LogP contribution in [-0.4, -0.2) is 18.1 Å². The van der Waals surface area contributed by atoms with Crippen LogP contribution < -0.4 is 21.7 Å². The van der Waals surface area contributed by atoms with Crippen LogP contribution in [0, 0.1) is 45.8 Å². The fourth-order valence-corrected chi connectivity index (χ4v) is 7.22. The van der Waals surface area contributed by atoms with E-state index in [-0.39, 0.29) is 22.9 Å². The van der Waals surface area contributed by atoms with Gasteiger partial charge in [-0.3, -0.25) is 0 Å². The number of hydrogen-bond donors (Lipinski definition) is 4. The largest absolute Gasteiger partial charge is 0.399 e. The van der Waals surface area contributed by atoms with Crippen LogP contribution in [-0.2, 0) is 0 Å². The number of allylic oxidation sites excluding steroid dienone is 2. The lowest BCUT2D eigenvalue weighted by molar-refractivity contribution is 0.131.